The fourth-order valence-electron chi connectivity index (χ4n) is 1.10. The van der Waals surface area contributed by atoms with Crippen LogP contribution < -0.4 is 0 Å². The van der Waals surface area contributed by atoms with Crippen molar-refractivity contribution in [3.8, 4) is 0 Å². The number of aliphatic hydroxyl groups excluding tert-OH is 1. The molecule has 0 saturated heterocycles. The van der Waals surface area contributed by atoms with E-state index in [4.69, 9.17) is 5.11 Å². The second-order valence-electron chi connectivity index (χ2n) is 5.37. The predicted molar refractivity (Wildman–Crippen MR) is 67.3 cm³/mol. The summed E-state index contributed by atoms with van der Waals surface area (Å²) in [5.41, 5.74) is 0. The summed E-state index contributed by atoms with van der Waals surface area (Å²) in [4.78, 5) is 1.94. The van der Waals surface area contributed by atoms with Crippen LogP contribution in [0, 0.1) is 0 Å². The van der Waals surface area contributed by atoms with Gasteiger partial charge in [0.05, 0.1) is 16.6 Å². The minimum atomic E-state index is -3.04. The third kappa shape index (κ3) is 5.82. The van der Waals surface area contributed by atoms with Crippen molar-refractivity contribution in [1.82, 2.24) is 4.90 Å². The van der Waals surface area contributed by atoms with Gasteiger partial charge in [-0.05, 0) is 41.2 Å². The van der Waals surface area contributed by atoms with Gasteiger partial charge in [0.15, 0.2) is 9.84 Å². The van der Waals surface area contributed by atoms with Gasteiger partial charge in [-0.3, -0.25) is 0 Å². The summed E-state index contributed by atoms with van der Waals surface area (Å²) >= 11 is 0. The second-order valence-corrected chi connectivity index (χ2v) is 8.23. The monoisotopic (exact) mass is 251 g/mol. The third-order valence-corrected chi connectivity index (χ3v) is 5.19. The Kier molecular flexibility index (Phi) is 5.93. The Morgan fingerprint density at radius 3 is 2.12 bits per heavy atom. The van der Waals surface area contributed by atoms with Crippen LogP contribution in [-0.4, -0.2) is 55.2 Å². The van der Waals surface area contributed by atoms with Crippen LogP contribution in [0.25, 0.3) is 0 Å². The Labute approximate surface area is 99.6 Å². The van der Waals surface area contributed by atoms with Crippen LogP contribution in [0.5, 0.6) is 0 Å². The first-order chi connectivity index (χ1) is 7.06. The van der Waals surface area contributed by atoms with Crippen molar-refractivity contribution in [2.45, 2.75) is 45.0 Å². The standard InChI is InChI=1S/C11H25NO3S/c1-10(13)6-7-12(5)8-9-16(14,15)11(2,3)4/h10,13H,6-9H2,1-5H3. The Morgan fingerprint density at radius 2 is 1.75 bits per heavy atom. The van der Waals surface area contributed by atoms with Crippen LogP contribution in [0.3, 0.4) is 0 Å². The molecule has 0 amide bonds. The molecule has 1 unspecified atom stereocenters. The molecule has 1 atom stereocenters. The van der Waals surface area contributed by atoms with Gasteiger partial charge in [-0.1, -0.05) is 0 Å². The summed E-state index contributed by atoms with van der Waals surface area (Å²) in [7, 11) is -1.16. The highest BCUT2D eigenvalue weighted by atomic mass is 32.2. The van der Waals surface area contributed by atoms with Crippen LogP contribution >= 0.6 is 0 Å². The maximum absolute atomic E-state index is 11.8. The second kappa shape index (κ2) is 5.98. The molecule has 0 heterocycles. The summed E-state index contributed by atoms with van der Waals surface area (Å²) < 4.78 is 23.0. The van der Waals surface area contributed by atoms with E-state index in [2.05, 4.69) is 0 Å². The first-order valence-corrected chi connectivity index (χ1v) is 7.30. The number of sulfone groups is 1. The van der Waals surface area contributed by atoms with Gasteiger partial charge in [-0.2, -0.15) is 0 Å². The van der Waals surface area contributed by atoms with E-state index in [-0.39, 0.29) is 11.9 Å². The molecule has 0 aliphatic carbocycles. The molecule has 0 saturated carbocycles. The zero-order chi connectivity index (χ0) is 13.0. The van der Waals surface area contributed by atoms with Crippen LogP contribution in [0.4, 0.5) is 0 Å². The molecule has 0 aliphatic heterocycles. The smallest absolute Gasteiger partial charge is 0.156 e. The average Bonchev–Trinajstić information content (AvgIpc) is 2.09. The Bertz CT molecular complexity index is 291. The topological polar surface area (TPSA) is 57.6 Å². The zero-order valence-electron chi connectivity index (χ0n) is 11.0. The SMILES string of the molecule is CC(O)CCN(C)CCS(=O)(=O)C(C)(C)C. The van der Waals surface area contributed by atoms with Crippen molar-refractivity contribution in [3.05, 3.63) is 0 Å². The van der Waals surface area contributed by atoms with Crippen molar-refractivity contribution in [1.29, 1.82) is 0 Å². The molecule has 16 heavy (non-hydrogen) atoms. The molecule has 0 fully saturated rings. The number of hydrogen-bond donors (Lipinski definition) is 1. The number of nitrogens with zero attached hydrogens (tertiary/aromatic N) is 1. The number of aliphatic hydroxyl groups is 1. The maximum atomic E-state index is 11.8. The van der Waals surface area contributed by atoms with Crippen molar-refractivity contribution < 1.29 is 13.5 Å². The molecule has 98 valence electrons. The van der Waals surface area contributed by atoms with Gasteiger partial charge in [0.1, 0.15) is 0 Å². The lowest BCUT2D eigenvalue weighted by Gasteiger charge is -2.22. The van der Waals surface area contributed by atoms with Gasteiger partial charge in [0, 0.05) is 13.1 Å². The summed E-state index contributed by atoms with van der Waals surface area (Å²) in [6.45, 7) is 8.14. The molecule has 0 aromatic rings. The first-order valence-electron chi connectivity index (χ1n) is 5.65. The van der Waals surface area contributed by atoms with E-state index < -0.39 is 14.6 Å². The molecule has 0 aromatic heterocycles. The largest absolute Gasteiger partial charge is 0.393 e. The van der Waals surface area contributed by atoms with Crippen molar-refractivity contribution in [2.75, 3.05) is 25.9 Å². The van der Waals surface area contributed by atoms with Crippen molar-refractivity contribution >= 4 is 9.84 Å². The van der Waals surface area contributed by atoms with E-state index in [9.17, 15) is 8.42 Å². The number of hydrogen-bond acceptors (Lipinski definition) is 4. The molecule has 0 spiro atoms. The predicted octanol–water partition coefficient (Wildman–Crippen LogP) is 0.902. The van der Waals surface area contributed by atoms with Crippen LogP contribution in [-0.2, 0) is 9.84 Å². The van der Waals surface area contributed by atoms with Gasteiger partial charge in [0.2, 0.25) is 0 Å². The highest BCUT2D eigenvalue weighted by Gasteiger charge is 2.28. The van der Waals surface area contributed by atoms with Crippen LogP contribution in [0.15, 0.2) is 0 Å². The van der Waals surface area contributed by atoms with Crippen molar-refractivity contribution in [2.24, 2.45) is 0 Å². The lowest BCUT2D eigenvalue weighted by atomic mass is 10.3. The Hall–Kier alpha value is -0.130. The summed E-state index contributed by atoms with van der Waals surface area (Å²) in [5.74, 6) is 0.173. The Balaban J connectivity index is 4.07. The summed E-state index contributed by atoms with van der Waals surface area (Å²) in [5, 5.41) is 9.11. The maximum Gasteiger partial charge on any atom is 0.156 e. The zero-order valence-corrected chi connectivity index (χ0v) is 11.8. The summed E-state index contributed by atoms with van der Waals surface area (Å²) in [6, 6.07) is 0. The van der Waals surface area contributed by atoms with Gasteiger partial charge < -0.3 is 10.0 Å². The molecule has 0 rings (SSSR count). The van der Waals surface area contributed by atoms with Gasteiger partial charge in [-0.15, -0.1) is 0 Å². The van der Waals surface area contributed by atoms with E-state index in [0.29, 0.717) is 13.0 Å². The molecule has 1 N–H and O–H groups in total. The Morgan fingerprint density at radius 1 is 1.25 bits per heavy atom. The van der Waals surface area contributed by atoms with E-state index in [1.807, 2.05) is 11.9 Å². The fraction of sp³-hybridized carbons (Fsp3) is 1.00. The lowest BCUT2D eigenvalue weighted by Crippen LogP contribution is -2.36. The van der Waals surface area contributed by atoms with E-state index in [1.165, 1.54) is 0 Å². The van der Waals surface area contributed by atoms with Gasteiger partial charge in [0.25, 0.3) is 0 Å². The highest BCUT2D eigenvalue weighted by molar-refractivity contribution is 7.92. The fourth-order valence-corrected chi connectivity index (χ4v) is 2.27. The first kappa shape index (κ1) is 15.9. The summed E-state index contributed by atoms with van der Waals surface area (Å²) in [6.07, 6.45) is 0.341. The van der Waals surface area contributed by atoms with E-state index in [0.717, 1.165) is 6.54 Å². The molecule has 0 aromatic carbocycles. The molecule has 0 bridgehead atoms. The minimum Gasteiger partial charge on any atom is -0.393 e. The number of rotatable bonds is 6. The molecule has 4 nitrogen and oxygen atoms in total. The minimum absolute atomic E-state index is 0.173. The lowest BCUT2D eigenvalue weighted by molar-refractivity contribution is 0.166. The van der Waals surface area contributed by atoms with E-state index >= 15 is 0 Å². The van der Waals surface area contributed by atoms with Crippen LogP contribution in [0.1, 0.15) is 34.1 Å². The molecule has 5 heteroatoms. The molecule has 0 radical (unpaired) electrons. The third-order valence-electron chi connectivity index (χ3n) is 2.60. The van der Waals surface area contributed by atoms with Gasteiger partial charge >= 0.3 is 0 Å². The quantitative estimate of drug-likeness (QED) is 0.762. The average molecular weight is 251 g/mol. The highest BCUT2D eigenvalue weighted by Crippen LogP contribution is 2.15. The van der Waals surface area contributed by atoms with Gasteiger partial charge in [-0.25, -0.2) is 8.42 Å². The molecule has 0 aliphatic rings. The van der Waals surface area contributed by atoms with Crippen LogP contribution in [0.2, 0.25) is 0 Å². The molecular weight excluding hydrogens is 226 g/mol. The normalized spacial score (nSPS) is 15.4. The van der Waals surface area contributed by atoms with E-state index in [1.54, 1.807) is 27.7 Å². The molecular formula is C11H25NO3S. The van der Waals surface area contributed by atoms with Crippen molar-refractivity contribution in [3.63, 3.8) is 0 Å².